The molecule has 0 spiro atoms. The third-order valence-electron chi connectivity index (χ3n) is 2.27. The predicted octanol–water partition coefficient (Wildman–Crippen LogP) is 3.93. The molecule has 0 aromatic heterocycles. The van der Waals surface area contributed by atoms with Crippen molar-refractivity contribution in [2.45, 2.75) is 32.2 Å². The highest BCUT2D eigenvalue weighted by atomic mass is 79.9. The van der Waals surface area contributed by atoms with Crippen LogP contribution in [0.4, 0.5) is 13.2 Å². The first kappa shape index (κ1) is 15.5. The van der Waals surface area contributed by atoms with E-state index in [0.717, 1.165) is 12.1 Å². The molecular weight excluding hydrogens is 313 g/mol. The maximum atomic E-state index is 12.5. The average molecular weight is 327 g/mol. The molecule has 1 unspecified atom stereocenters. The van der Waals surface area contributed by atoms with E-state index in [1.165, 1.54) is 6.07 Å². The van der Waals surface area contributed by atoms with Crippen LogP contribution in [-0.2, 0) is 10.9 Å². The maximum Gasteiger partial charge on any atom is 0.416 e. The molecule has 0 saturated carbocycles. The molecule has 0 bridgehead atoms. The van der Waals surface area contributed by atoms with Gasteiger partial charge in [0.15, 0.2) is 0 Å². The number of rotatable bonds is 4. The fourth-order valence-corrected chi connectivity index (χ4v) is 1.86. The summed E-state index contributed by atoms with van der Waals surface area (Å²) in [7, 11) is 0. The summed E-state index contributed by atoms with van der Waals surface area (Å²) in [6.45, 7) is 3.53. The highest BCUT2D eigenvalue weighted by Gasteiger charge is 2.31. The molecule has 1 atom stereocenters. The predicted molar refractivity (Wildman–Crippen MR) is 65.2 cm³/mol. The zero-order chi connectivity index (χ0) is 13.9. The van der Waals surface area contributed by atoms with Crippen LogP contribution in [0.1, 0.15) is 31.1 Å². The first-order valence-corrected chi connectivity index (χ1v) is 6.17. The van der Waals surface area contributed by atoms with Crippen molar-refractivity contribution in [2.75, 3.05) is 6.61 Å². The van der Waals surface area contributed by atoms with Crippen molar-refractivity contribution in [2.24, 2.45) is 0 Å². The van der Waals surface area contributed by atoms with Crippen LogP contribution in [-0.4, -0.2) is 17.8 Å². The summed E-state index contributed by atoms with van der Waals surface area (Å²) in [5.41, 5.74) is -0.616. The molecule has 0 fully saturated rings. The van der Waals surface area contributed by atoms with E-state index >= 15 is 0 Å². The second-order valence-corrected chi connectivity index (χ2v) is 4.99. The number of hydrogen-bond donors (Lipinski definition) is 1. The van der Waals surface area contributed by atoms with Gasteiger partial charge in [0, 0.05) is 4.47 Å². The molecule has 0 aliphatic rings. The summed E-state index contributed by atoms with van der Waals surface area (Å²) in [6.07, 6.45) is -5.61. The van der Waals surface area contributed by atoms with Crippen LogP contribution in [0.25, 0.3) is 0 Å². The topological polar surface area (TPSA) is 29.5 Å². The SMILES string of the molecule is CC(C)OCC(O)c1cc(C(F)(F)F)ccc1Br. The minimum atomic E-state index is -4.42. The fraction of sp³-hybridized carbons (Fsp3) is 0.500. The van der Waals surface area contributed by atoms with Crippen molar-refractivity contribution in [3.05, 3.63) is 33.8 Å². The van der Waals surface area contributed by atoms with E-state index < -0.39 is 17.8 Å². The maximum absolute atomic E-state index is 12.5. The van der Waals surface area contributed by atoms with Gasteiger partial charge in [-0.1, -0.05) is 15.9 Å². The molecular formula is C12H14BrF3O2. The third-order valence-corrected chi connectivity index (χ3v) is 2.99. The minimum absolute atomic E-state index is 0.0441. The van der Waals surface area contributed by atoms with Crippen LogP contribution in [0.15, 0.2) is 22.7 Å². The molecule has 18 heavy (non-hydrogen) atoms. The van der Waals surface area contributed by atoms with E-state index in [0.29, 0.717) is 4.47 Å². The summed E-state index contributed by atoms with van der Waals surface area (Å²) < 4.78 is 43.3. The van der Waals surface area contributed by atoms with Crippen LogP contribution in [0.3, 0.4) is 0 Å². The van der Waals surface area contributed by atoms with E-state index in [-0.39, 0.29) is 18.3 Å². The van der Waals surface area contributed by atoms with Gasteiger partial charge in [-0.2, -0.15) is 13.2 Å². The molecule has 102 valence electrons. The molecule has 0 saturated heterocycles. The zero-order valence-electron chi connectivity index (χ0n) is 9.96. The van der Waals surface area contributed by atoms with Crippen LogP contribution < -0.4 is 0 Å². The van der Waals surface area contributed by atoms with Gasteiger partial charge in [-0.3, -0.25) is 0 Å². The first-order chi connectivity index (χ1) is 8.21. The molecule has 0 aliphatic carbocycles. The van der Waals surface area contributed by atoms with Crippen LogP contribution in [0.2, 0.25) is 0 Å². The lowest BCUT2D eigenvalue weighted by molar-refractivity contribution is -0.137. The van der Waals surface area contributed by atoms with Crippen molar-refractivity contribution in [1.29, 1.82) is 0 Å². The van der Waals surface area contributed by atoms with Crippen molar-refractivity contribution in [3.63, 3.8) is 0 Å². The summed E-state index contributed by atoms with van der Waals surface area (Å²) in [6, 6.07) is 3.17. The normalized spacial score (nSPS) is 14.0. The molecule has 1 aromatic carbocycles. The summed E-state index contributed by atoms with van der Waals surface area (Å²) in [5.74, 6) is 0. The Morgan fingerprint density at radius 2 is 1.94 bits per heavy atom. The van der Waals surface area contributed by atoms with Gasteiger partial charge in [-0.05, 0) is 37.6 Å². The van der Waals surface area contributed by atoms with Gasteiger partial charge in [-0.25, -0.2) is 0 Å². The van der Waals surface area contributed by atoms with E-state index in [1.807, 2.05) is 0 Å². The summed E-state index contributed by atoms with van der Waals surface area (Å²) in [4.78, 5) is 0. The summed E-state index contributed by atoms with van der Waals surface area (Å²) >= 11 is 3.12. The number of aliphatic hydroxyl groups is 1. The molecule has 1 N–H and O–H groups in total. The Kier molecular flexibility index (Phi) is 5.19. The van der Waals surface area contributed by atoms with Gasteiger partial charge in [0.05, 0.1) is 18.3 Å². The Balaban J connectivity index is 2.93. The number of alkyl halides is 3. The Morgan fingerprint density at radius 1 is 1.33 bits per heavy atom. The van der Waals surface area contributed by atoms with Gasteiger partial charge in [-0.15, -0.1) is 0 Å². The lowest BCUT2D eigenvalue weighted by Crippen LogP contribution is -2.13. The largest absolute Gasteiger partial charge is 0.416 e. The smallest absolute Gasteiger partial charge is 0.386 e. The minimum Gasteiger partial charge on any atom is -0.386 e. The number of halogens is 4. The van der Waals surface area contributed by atoms with Crippen molar-refractivity contribution < 1.29 is 23.0 Å². The molecule has 6 heteroatoms. The van der Waals surface area contributed by atoms with Gasteiger partial charge >= 0.3 is 6.18 Å². The van der Waals surface area contributed by atoms with E-state index in [2.05, 4.69) is 15.9 Å². The van der Waals surface area contributed by atoms with E-state index in [4.69, 9.17) is 4.74 Å². The Bertz CT molecular complexity index is 405. The van der Waals surface area contributed by atoms with Crippen molar-refractivity contribution in [1.82, 2.24) is 0 Å². The number of benzene rings is 1. The van der Waals surface area contributed by atoms with E-state index in [9.17, 15) is 18.3 Å². The number of hydrogen-bond acceptors (Lipinski definition) is 2. The van der Waals surface area contributed by atoms with Gasteiger partial charge < -0.3 is 9.84 Å². The second kappa shape index (κ2) is 6.04. The quantitative estimate of drug-likeness (QED) is 0.908. The zero-order valence-corrected chi connectivity index (χ0v) is 11.5. The highest BCUT2D eigenvalue weighted by Crippen LogP contribution is 2.34. The molecule has 0 aliphatic heterocycles. The van der Waals surface area contributed by atoms with Gasteiger partial charge in [0.1, 0.15) is 6.10 Å². The lowest BCUT2D eigenvalue weighted by Gasteiger charge is -2.17. The number of ether oxygens (including phenoxy) is 1. The van der Waals surface area contributed by atoms with Crippen LogP contribution in [0.5, 0.6) is 0 Å². The standard InChI is InChI=1S/C12H14BrF3O2/c1-7(2)18-6-11(17)9-5-8(12(14,15)16)3-4-10(9)13/h3-5,7,11,17H,6H2,1-2H3. The average Bonchev–Trinajstić information content (AvgIpc) is 2.24. The molecule has 0 heterocycles. The Hall–Kier alpha value is -0.590. The fourth-order valence-electron chi connectivity index (χ4n) is 1.35. The Labute approximate surface area is 112 Å². The van der Waals surface area contributed by atoms with Crippen LogP contribution >= 0.6 is 15.9 Å². The second-order valence-electron chi connectivity index (χ2n) is 4.13. The third kappa shape index (κ3) is 4.26. The van der Waals surface area contributed by atoms with E-state index in [1.54, 1.807) is 13.8 Å². The van der Waals surface area contributed by atoms with Crippen molar-refractivity contribution in [3.8, 4) is 0 Å². The Morgan fingerprint density at radius 3 is 2.44 bits per heavy atom. The molecule has 1 aromatic rings. The monoisotopic (exact) mass is 326 g/mol. The first-order valence-electron chi connectivity index (χ1n) is 5.38. The summed E-state index contributed by atoms with van der Waals surface area (Å²) in [5, 5.41) is 9.82. The molecule has 2 nitrogen and oxygen atoms in total. The van der Waals surface area contributed by atoms with Crippen LogP contribution in [0, 0.1) is 0 Å². The molecule has 1 rings (SSSR count). The van der Waals surface area contributed by atoms with Gasteiger partial charge in [0.2, 0.25) is 0 Å². The number of aliphatic hydroxyl groups excluding tert-OH is 1. The van der Waals surface area contributed by atoms with Crippen molar-refractivity contribution >= 4 is 15.9 Å². The molecule has 0 radical (unpaired) electrons. The van der Waals surface area contributed by atoms with Gasteiger partial charge in [0.25, 0.3) is 0 Å². The highest BCUT2D eigenvalue weighted by molar-refractivity contribution is 9.10. The molecule has 0 amide bonds. The lowest BCUT2D eigenvalue weighted by atomic mass is 10.1.